The lowest BCUT2D eigenvalue weighted by Gasteiger charge is -2.36. The molecule has 5 heteroatoms. The number of likely N-dealkylation sites (tertiary alicyclic amines) is 1. The van der Waals surface area contributed by atoms with Crippen LogP contribution in [0.15, 0.2) is 0 Å². The Labute approximate surface area is 128 Å². The van der Waals surface area contributed by atoms with Crippen LogP contribution in [-0.4, -0.2) is 52.8 Å². The summed E-state index contributed by atoms with van der Waals surface area (Å²) in [5, 5.41) is 0. The van der Waals surface area contributed by atoms with Crippen molar-refractivity contribution >= 4 is 11.8 Å². The predicted octanol–water partition coefficient (Wildman–Crippen LogP) is 1.61. The topological polar surface area (TPSA) is 66.6 Å². The van der Waals surface area contributed by atoms with E-state index in [0.29, 0.717) is 6.54 Å². The number of rotatable bonds is 4. The summed E-state index contributed by atoms with van der Waals surface area (Å²) in [5.41, 5.74) is 5.87. The molecule has 0 radical (unpaired) electrons. The lowest BCUT2D eigenvalue weighted by Crippen LogP contribution is -2.54. The van der Waals surface area contributed by atoms with Crippen LogP contribution >= 0.6 is 0 Å². The molecule has 1 saturated heterocycles. The fourth-order valence-corrected chi connectivity index (χ4v) is 2.79. The minimum absolute atomic E-state index is 0.0114. The number of hydrogen-bond donors (Lipinski definition) is 1. The van der Waals surface area contributed by atoms with Crippen molar-refractivity contribution in [1.29, 1.82) is 0 Å². The Kier molecular flexibility index (Phi) is 5.79. The molecule has 0 aromatic heterocycles. The summed E-state index contributed by atoms with van der Waals surface area (Å²) < 4.78 is 0. The van der Waals surface area contributed by atoms with Crippen LogP contribution in [0, 0.1) is 5.41 Å². The van der Waals surface area contributed by atoms with Gasteiger partial charge in [-0.3, -0.25) is 9.59 Å². The Morgan fingerprint density at radius 3 is 2.33 bits per heavy atom. The maximum Gasteiger partial charge on any atom is 0.240 e. The van der Waals surface area contributed by atoms with Crippen LogP contribution in [0.3, 0.4) is 0 Å². The first-order chi connectivity index (χ1) is 9.55. The normalized spacial score (nSPS) is 20.8. The van der Waals surface area contributed by atoms with Crippen molar-refractivity contribution in [2.75, 3.05) is 13.1 Å². The van der Waals surface area contributed by atoms with Gasteiger partial charge in [-0.25, -0.2) is 0 Å². The summed E-state index contributed by atoms with van der Waals surface area (Å²) in [4.78, 5) is 28.1. The van der Waals surface area contributed by atoms with Crippen molar-refractivity contribution in [2.24, 2.45) is 11.1 Å². The Hall–Kier alpha value is -1.10. The molecule has 0 bridgehead atoms. The highest BCUT2D eigenvalue weighted by Gasteiger charge is 2.37. The van der Waals surface area contributed by atoms with Crippen molar-refractivity contribution in [3.05, 3.63) is 0 Å². The van der Waals surface area contributed by atoms with Gasteiger partial charge in [-0.1, -0.05) is 20.8 Å². The highest BCUT2D eigenvalue weighted by atomic mass is 16.2. The molecule has 0 saturated carbocycles. The van der Waals surface area contributed by atoms with E-state index in [2.05, 4.69) is 0 Å². The first-order valence-electron chi connectivity index (χ1n) is 7.89. The summed E-state index contributed by atoms with van der Waals surface area (Å²) in [6.07, 6.45) is 1.93. The van der Waals surface area contributed by atoms with Gasteiger partial charge in [-0.15, -0.1) is 0 Å². The zero-order valence-electron chi connectivity index (χ0n) is 14.3. The monoisotopic (exact) mass is 297 g/mol. The molecule has 1 heterocycles. The Morgan fingerprint density at radius 1 is 1.33 bits per heavy atom. The number of amides is 2. The van der Waals surface area contributed by atoms with Gasteiger partial charge in [0.05, 0.1) is 6.04 Å². The molecule has 1 aliphatic heterocycles. The molecule has 122 valence electrons. The molecule has 2 N–H and O–H groups in total. The second kappa shape index (κ2) is 6.77. The van der Waals surface area contributed by atoms with E-state index in [9.17, 15) is 9.59 Å². The minimum atomic E-state index is -0.497. The Balaban J connectivity index is 2.80. The van der Waals surface area contributed by atoms with Crippen molar-refractivity contribution in [1.82, 2.24) is 9.80 Å². The maximum absolute atomic E-state index is 12.6. The lowest BCUT2D eigenvalue weighted by molar-refractivity contribution is -0.139. The van der Waals surface area contributed by atoms with Crippen molar-refractivity contribution in [3.63, 3.8) is 0 Å². The van der Waals surface area contributed by atoms with Crippen LogP contribution in [0.5, 0.6) is 0 Å². The average Bonchev–Trinajstić information content (AvgIpc) is 2.80. The zero-order valence-corrected chi connectivity index (χ0v) is 14.3. The quantitative estimate of drug-likeness (QED) is 0.857. The molecule has 1 rings (SSSR count). The number of nitrogens with zero attached hydrogens (tertiary/aromatic N) is 2. The molecular weight excluding hydrogens is 266 g/mol. The van der Waals surface area contributed by atoms with Gasteiger partial charge >= 0.3 is 0 Å². The van der Waals surface area contributed by atoms with Crippen LogP contribution in [0.2, 0.25) is 0 Å². The van der Waals surface area contributed by atoms with Crippen LogP contribution in [0.4, 0.5) is 0 Å². The van der Waals surface area contributed by atoms with Gasteiger partial charge in [0.15, 0.2) is 0 Å². The van der Waals surface area contributed by atoms with E-state index < -0.39 is 6.04 Å². The molecule has 5 nitrogen and oxygen atoms in total. The maximum atomic E-state index is 12.6. The predicted molar refractivity (Wildman–Crippen MR) is 84.7 cm³/mol. The van der Waals surface area contributed by atoms with E-state index in [0.717, 1.165) is 19.4 Å². The van der Waals surface area contributed by atoms with Gasteiger partial charge in [-0.05, 0) is 32.1 Å². The smallest absolute Gasteiger partial charge is 0.240 e. The van der Waals surface area contributed by atoms with Crippen LogP contribution in [0.1, 0.15) is 54.4 Å². The summed E-state index contributed by atoms with van der Waals surface area (Å²) in [7, 11) is 0. The standard InChI is InChI=1S/C16H31N3O2/c1-11(2)19(12(3)20)10-13-8-7-9-18(13)15(21)14(17)16(4,5)6/h11,13-14H,7-10,17H2,1-6H3. The molecule has 2 amide bonds. The van der Waals surface area contributed by atoms with Crippen molar-refractivity contribution in [3.8, 4) is 0 Å². The molecule has 2 unspecified atom stereocenters. The van der Waals surface area contributed by atoms with Gasteiger partial charge in [0.25, 0.3) is 0 Å². The van der Waals surface area contributed by atoms with E-state index in [1.165, 1.54) is 0 Å². The van der Waals surface area contributed by atoms with E-state index in [1.807, 2.05) is 44.4 Å². The first-order valence-corrected chi connectivity index (χ1v) is 7.89. The molecule has 2 atom stereocenters. The average molecular weight is 297 g/mol. The zero-order chi connectivity index (χ0) is 16.4. The minimum Gasteiger partial charge on any atom is -0.338 e. The number of carbonyl (C=O) groups excluding carboxylic acids is 2. The van der Waals surface area contributed by atoms with Gasteiger partial charge < -0.3 is 15.5 Å². The van der Waals surface area contributed by atoms with E-state index in [1.54, 1.807) is 6.92 Å². The second-order valence-corrected chi connectivity index (χ2v) is 7.44. The fourth-order valence-electron chi connectivity index (χ4n) is 2.79. The number of hydrogen-bond acceptors (Lipinski definition) is 3. The molecule has 1 fully saturated rings. The van der Waals surface area contributed by atoms with Crippen LogP contribution in [0.25, 0.3) is 0 Å². The molecule has 0 aliphatic carbocycles. The Morgan fingerprint density at radius 2 is 1.90 bits per heavy atom. The number of nitrogens with two attached hydrogens (primary N) is 1. The van der Waals surface area contributed by atoms with Crippen LogP contribution < -0.4 is 5.73 Å². The largest absolute Gasteiger partial charge is 0.338 e. The van der Waals surface area contributed by atoms with Crippen LogP contribution in [-0.2, 0) is 9.59 Å². The number of carbonyl (C=O) groups is 2. The van der Waals surface area contributed by atoms with Gasteiger partial charge in [-0.2, -0.15) is 0 Å². The summed E-state index contributed by atoms with van der Waals surface area (Å²) in [6.45, 7) is 12.9. The van der Waals surface area contributed by atoms with Gasteiger partial charge in [0, 0.05) is 32.1 Å². The third-order valence-corrected chi connectivity index (χ3v) is 4.29. The van der Waals surface area contributed by atoms with E-state index in [-0.39, 0.29) is 29.3 Å². The lowest BCUT2D eigenvalue weighted by atomic mass is 9.86. The van der Waals surface area contributed by atoms with Crippen molar-refractivity contribution in [2.45, 2.75) is 72.5 Å². The van der Waals surface area contributed by atoms with Gasteiger partial charge in [0.1, 0.15) is 0 Å². The second-order valence-electron chi connectivity index (χ2n) is 7.44. The summed E-state index contributed by atoms with van der Waals surface area (Å²) in [5.74, 6) is 0.0710. The fraction of sp³-hybridized carbons (Fsp3) is 0.875. The molecule has 1 aliphatic rings. The van der Waals surface area contributed by atoms with E-state index in [4.69, 9.17) is 5.73 Å². The third-order valence-electron chi connectivity index (χ3n) is 4.29. The summed E-state index contributed by atoms with van der Waals surface area (Å²) >= 11 is 0. The molecular formula is C16H31N3O2. The van der Waals surface area contributed by atoms with Crippen molar-refractivity contribution < 1.29 is 9.59 Å². The third kappa shape index (κ3) is 4.43. The summed E-state index contributed by atoms with van der Waals surface area (Å²) in [6, 6.07) is -0.253. The molecule has 0 aromatic rings. The molecule has 0 spiro atoms. The highest BCUT2D eigenvalue weighted by Crippen LogP contribution is 2.25. The highest BCUT2D eigenvalue weighted by molar-refractivity contribution is 5.83. The Bertz CT molecular complexity index is 387. The molecule has 0 aromatic carbocycles. The van der Waals surface area contributed by atoms with Gasteiger partial charge in [0.2, 0.25) is 11.8 Å². The SMILES string of the molecule is CC(=O)N(CC1CCCN1C(=O)C(N)C(C)(C)C)C(C)C. The first kappa shape index (κ1) is 18.0. The van der Waals surface area contributed by atoms with E-state index >= 15 is 0 Å². The molecule has 21 heavy (non-hydrogen) atoms.